The van der Waals surface area contributed by atoms with Crippen LogP contribution >= 0.6 is 0 Å². The first-order chi connectivity index (χ1) is 21.7. The number of aromatic nitrogens is 2. The Morgan fingerprint density at radius 2 is 1.00 bits per heavy atom. The van der Waals surface area contributed by atoms with Crippen molar-refractivity contribution in [2.45, 2.75) is 6.92 Å². The van der Waals surface area contributed by atoms with Crippen LogP contribution < -0.4 is 0 Å². The molecule has 0 aliphatic rings. The largest absolute Gasteiger partial charge is 0.455 e. The molecule has 0 aliphatic heterocycles. The van der Waals surface area contributed by atoms with Crippen molar-refractivity contribution >= 4 is 21.9 Å². The van der Waals surface area contributed by atoms with Crippen molar-refractivity contribution < 1.29 is 4.42 Å². The van der Waals surface area contributed by atoms with Crippen molar-refractivity contribution in [3.63, 3.8) is 0 Å². The summed E-state index contributed by atoms with van der Waals surface area (Å²) in [7, 11) is 0. The van der Waals surface area contributed by atoms with Gasteiger partial charge in [0.05, 0.1) is 5.56 Å². The van der Waals surface area contributed by atoms with Gasteiger partial charge in [-0.15, -0.1) is 6.58 Å². The molecule has 214 valence electrons. The van der Waals surface area contributed by atoms with Gasteiger partial charge in [0.25, 0.3) is 0 Å². The maximum Gasteiger partial charge on any atom is 0.162 e. The molecule has 5 aromatic carbocycles. The van der Waals surface area contributed by atoms with Gasteiger partial charge < -0.3 is 4.42 Å². The molecule has 0 spiro atoms. The summed E-state index contributed by atoms with van der Waals surface area (Å²) in [5.41, 5.74) is 9.29. The minimum Gasteiger partial charge on any atom is -0.455 e. The quantitative estimate of drug-likeness (QED) is 0.153. The molecule has 0 unspecified atom stereocenters. The number of hydrogen-bond acceptors (Lipinski definition) is 3. The monoisotopic (exact) mass is 570 g/mol. The number of benzene rings is 5. The Morgan fingerprint density at radius 1 is 0.523 bits per heavy atom. The molecule has 0 radical (unpaired) electrons. The van der Waals surface area contributed by atoms with Crippen molar-refractivity contribution in [1.29, 1.82) is 0 Å². The molecule has 0 amide bonds. The third-order valence-electron chi connectivity index (χ3n) is 6.94. The molecule has 0 aliphatic carbocycles. The number of nitrogens with zero attached hydrogens (tertiary/aromatic N) is 2. The molecule has 0 fully saturated rings. The fraction of sp³-hybridized carbons (Fsp3) is 0.0244. The van der Waals surface area contributed by atoms with E-state index in [4.69, 9.17) is 14.4 Å². The van der Waals surface area contributed by atoms with Crippen LogP contribution in [0.5, 0.6) is 0 Å². The third kappa shape index (κ3) is 6.64. The number of rotatable bonds is 5. The lowest BCUT2D eigenvalue weighted by Crippen LogP contribution is -1.91. The number of fused-ring (bicyclic) bond motifs is 3. The second-order valence-electron chi connectivity index (χ2n) is 9.99. The van der Waals surface area contributed by atoms with Crippen molar-refractivity contribution in [3.8, 4) is 44.8 Å². The summed E-state index contributed by atoms with van der Waals surface area (Å²) in [4.78, 5) is 9.56. The molecule has 3 nitrogen and oxygen atoms in total. The molecule has 3 heteroatoms. The van der Waals surface area contributed by atoms with Gasteiger partial charge in [0, 0.05) is 28.7 Å². The molecule has 2 heterocycles. The van der Waals surface area contributed by atoms with Crippen LogP contribution in [-0.2, 0) is 0 Å². The standard InChI is InChI=1S/C34H22N2O.C4H6.C3H6/c1-3-10-23(11-4-1)25-18-26(24-12-5-2-6-13-24)20-27(19-25)28-21-35-34(36-22-28)31-16-9-15-30-29-14-7-8-17-32(29)37-33(30)31;1-3-4-2;1-3-2/h1-22H;3-4H,1-2H2;3H,1H2,2H3. The van der Waals surface area contributed by atoms with Gasteiger partial charge in [0.1, 0.15) is 11.2 Å². The zero-order valence-electron chi connectivity index (χ0n) is 24.9. The second kappa shape index (κ2) is 14.4. The van der Waals surface area contributed by atoms with E-state index in [0.29, 0.717) is 5.82 Å². The van der Waals surface area contributed by atoms with Gasteiger partial charge in [-0.3, -0.25) is 0 Å². The molecule has 0 atom stereocenters. The predicted octanol–water partition coefficient (Wildman–Crippen LogP) is 11.6. The molecule has 44 heavy (non-hydrogen) atoms. The van der Waals surface area contributed by atoms with E-state index in [0.717, 1.165) is 49.8 Å². The average Bonchev–Trinajstić information content (AvgIpc) is 3.48. The molecule has 0 bridgehead atoms. The molecule has 0 saturated carbocycles. The van der Waals surface area contributed by atoms with Crippen LogP contribution in [0.2, 0.25) is 0 Å². The van der Waals surface area contributed by atoms with Gasteiger partial charge in [-0.2, -0.15) is 0 Å². The predicted molar refractivity (Wildman–Crippen MR) is 187 cm³/mol. The summed E-state index contributed by atoms with van der Waals surface area (Å²) in [5.74, 6) is 0.649. The van der Waals surface area contributed by atoms with Gasteiger partial charge in [0.15, 0.2) is 5.82 Å². The van der Waals surface area contributed by atoms with E-state index >= 15 is 0 Å². The Labute approximate surface area is 259 Å². The van der Waals surface area contributed by atoms with Crippen LogP contribution in [0.4, 0.5) is 0 Å². The SMILES string of the molecule is C=CC.C=CC=C.c1ccc(-c2cc(-c3ccccc3)cc(-c3cnc(-c4cccc5c4oc4ccccc45)nc3)c2)cc1. The number of furan rings is 1. The van der Waals surface area contributed by atoms with Crippen LogP contribution in [0.1, 0.15) is 6.92 Å². The lowest BCUT2D eigenvalue weighted by molar-refractivity contribution is 0.669. The molecule has 7 aromatic rings. The van der Waals surface area contributed by atoms with E-state index in [1.165, 1.54) is 11.1 Å². The van der Waals surface area contributed by atoms with Crippen LogP contribution in [0.3, 0.4) is 0 Å². The van der Waals surface area contributed by atoms with Crippen LogP contribution in [0.25, 0.3) is 66.7 Å². The maximum absolute atomic E-state index is 6.20. The van der Waals surface area contributed by atoms with E-state index in [2.05, 4.69) is 98.6 Å². The highest BCUT2D eigenvalue weighted by Crippen LogP contribution is 2.36. The van der Waals surface area contributed by atoms with Crippen molar-refractivity contribution in [2.24, 2.45) is 0 Å². The summed E-state index contributed by atoms with van der Waals surface area (Å²) >= 11 is 0. The molecule has 0 N–H and O–H groups in total. The second-order valence-corrected chi connectivity index (χ2v) is 9.99. The maximum atomic E-state index is 6.20. The smallest absolute Gasteiger partial charge is 0.162 e. The minimum atomic E-state index is 0.649. The first-order valence-electron chi connectivity index (χ1n) is 14.5. The third-order valence-corrected chi connectivity index (χ3v) is 6.94. The number of para-hydroxylation sites is 2. The highest BCUT2D eigenvalue weighted by Gasteiger charge is 2.14. The molecular formula is C41H34N2O. The van der Waals surface area contributed by atoms with Gasteiger partial charge in [-0.05, 0) is 65.1 Å². The lowest BCUT2D eigenvalue weighted by atomic mass is 9.94. The van der Waals surface area contributed by atoms with Crippen LogP contribution in [0, 0.1) is 0 Å². The van der Waals surface area contributed by atoms with E-state index < -0.39 is 0 Å². The van der Waals surface area contributed by atoms with Gasteiger partial charge in [-0.1, -0.05) is 122 Å². The molecule has 7 rings (SSSR count). The first kappa shape index (κ1) is 29.7. The molecular weight excluding hydrogens is 536 g/mol. The van der Waals surface area contributed by atoms with Crippen molar-refractivity contribution in [3.05, 3.63) is 172 Å². The normalized spacial score (nSPS) is 10.2. The topological polar surface area (TPSA) is 38.9 Å². The summed E-state index contributed by atoms with van der Waals surface area (Å²) in [6.45, 7) is 12.0. The average molecular weight is 571 g/mol. The Balaban J connectivity index is 0.000000501. The van der Waals surface area contributed by atoms with Gasteiger partial charge >= 0.3 is 0 Å². The summed E-state index contributed by atoms with van der Waals surface area (Å²) in [6.07, 6.45) is 8.84. The lowest BCUT2D eigenvalue weighted by Gasteiger charge is -2.11. The van der Waals surface area contributed by atoms with E-state index in [1.807, 2.05) is 61.8 Å². The van der Waals surface area contributed by atoms with Crippen LogP contribution in [-0.4, -0.2) is 9.97 Å². The highest BCUT2D eigenvalue weighted by atomic mass is 16.3. The Morgan fingerprint density at radius 3 is 1.55 bits per heavy atom. The zero-order valence-corrected chi connectivity index (χ0v) is 24.9. The summed E-state index contributed by atoms with van der Waals surface area (Å²) < 4.78 is 6.20. The van der Waals surface area contributed by atoms with Gasteiger partial charge in [0.2, 0.25) is 0 Å². The fourth-order valence-electron chi connectivity index (χ4n) is 4.93. The number of allylic oxidation sites excluding steroid dienone is 3. The summed E-state index contributed by atoms with van der Waals surface area (Å²) in [5, 5.41) is 2.17. The number of hydrogen-bond donors (Lipinski definition) is 0. The Kier molecular flexibility index (Phi) is 9.71. The highest BCUT2D eigenvalue weighted by molar-refractivity contribution is 6.09. The Bertz CT molecular complexity index is 1940. The zero-order chi connectivity index (χ0) is 30.7. The Hall–Kier alpha value is -5.80. The minimum absolute atomic E-state index is 0.649. The fourth-order valence-corrected chi connectivity index (χ4v) is 4.93. The first-order valence-corrected chi connectivity index (χ1v) is 14.5. The van der Waals surface area contributed by atoms with Crippen molar-refractivity contribution in [1.82, 2.24) is 9.97 Å². The molecule has 0 saturated heterocycles. The van der Waals surface area contributed by atoms with Crippen molar-refractivity contribution in [2.75, 3.05) is 0 Å². The van der Waals surface area contributed by atoms with Gasteiger partial charge in [-0.25, -0.2) is 9.97 Å². The van der Waals surface area contributed by atoms with Crippen LogP contribution in [0.15, 0.2) is 176 Å². The van der Waals surface area contributed by atoms with E-state index in [-0.39, 0.29) is 0 Å². The van der Waals surface area contributed by atoms with E-state index in [9.17, 15) is 0 Å². The van der Waals surface area contributed by atoms with E-state index in [1.54, 1.807) is 18.2 Å². The summed E-state index contributed by atoms with van der Waals surface area (Å²) in [6, 6.07) is 41.8. The molecule has 2 aromatic heterocycles.